The fraction of sp³-hybridized carbons (Fsp3) is 0.240. The zero-order valence-electron chi connectivity index (χ0n) is 21.0. The van der Waals surface area contributed by atoms with Gasteiger partial charge < -0.3 is 20.4 Å². The first-order valence-electron chi connectivity index (χ1n) is 11.4. The molecule has 1 aliphatic rings. The lowest BCUT2D eigenvalue weighted by Crippen LogP contribution is -2.48. The molecule has 0 bridgehead atoms. The van der Waals surface area contributed by atoms with Crippen LogP contribution in [0.5, 0.6) is 0 Å². The second-order valence-corrected chi connectivity index (χ2v) is 11.1. The van der Waals surface area contributed by atoms with Gasteiger partial charge in [0.25, 0.3) is 27.9 Å². The number of aliphatic hydroxyl groups excluding tert-OH is 1. The number of nitrogens with one attached hydrogen (secondary N) is 1. The fourth-order valence-corrected chi connectivity index (χ4v) is 4.24. The molecule has 220 valence electrons. The van der Waals surface area contributed by atoms with Crippen LogP contribution in [-0.2, 0) is 15.7 Å². The van der Waals surface area contributed by atoms with Gasteiger partial charge in [-0.1, -0.05) is 23.2 Å². The SMILES string of the molecule is CS(=O)(=O)O.O=C(Nc1ccc(C(=O)N2CCC(F)(F)C(O)(CO)c3cc(Cl)ccc32)cn1)c1cc(F)ccc1Cl. The number of pyridine rings is 1. The number of halogens is 5. The van der Waals surface area contributed by atoms with E-state index in [1.54, 1.807) is 0 Å². The van der Waals surface area contributed by atoms with Crippen molar-refractivity contribution >= 4 is 56.6 Å². The summed E-state index contributed by atoms with van der Waals surface area (Å²) in [6, 6.07) is 9.67. The Morgan fingerprint density at radius 1 is 1.12 bits per heavy atom. The molecule has 10 nitrogen and oxygen atoms in total. The van der Waals surface area contributed by atoms with Crippen LogP contribution in [0.3, 0.4) is 0 Å². The van der Waals surface area contributed by atoms with Crippen LogP contribution < -0.4 is 10.2 Å². The molecule has 4 N–H and O–H groups in total. The highest BCUT2D eigenvalue weighted by Crippen LogP contribution is 2.47. The van der Waals surface area contributed by atoms with Gasteiger partial charge in [-0.3, -0.25) is 14.1 Å². The molecular formula is C25H22Cl2F3N3O7S. The van der Waals surface area contributed by atoms with Crippen molar-refractivity contribution in [3.8, 4) is 0 Å². The minimum Gasteiger partial charge on any atom is -0.393 e. The molecule has 2 aromatic carbocycles. The summed E-state index contributed by atoms with van der Waals surface area (Å²) in [4.78, 5) is 30.7. The van der Waals surface area contributed by atoms with Gasteiger partial charge >= 0.3 is 0 Å². The number of hydrogen-bond donors (Lipinski definition) is 4. The van der Waals surface area contributed by atoms with E-state index in [0.717, 1.165) is 29.3 Å². The summed E-state index contributed by atoms with van der Waals surface area (Å²) >= 11 is 11.9. The molecule has 0 spiro atoms. The van der Waals surface area contributed by atoms with E-state index in [2.05, 4.69) is 10.3 Å². The number of benzene rings is 2. The Labute approximate surface area is 242 Å². The summed E-state index contributed by atoms with van der Waals surface area (Å²) < 4.78 is 69.0. The molecule has 1 atom stereocenters. The number of nitrogens with zero attached hydrogens (tertiary/aromatic N) is 2. The average molecular weight is 636 g/mol. The van der Waals surface area contributed by atoms with E-state index >= 15 is 0 Å². The Balaban J connectivity index is 0.000000850. The second-order valence-electron chi connectivity index (χ2n) is 8.83. The molecular weight excluding hydrogens is 614 g/mol. The molecule has 0 saturated carbocycles. The molecule has 1 unspecified atom stereocenters. The highest BCUT2D eigenvalue weighted by Gasteiger charge is 2.56. The predicted octanol–water partition coefficient (Wildman–Crippen LogP) is 4.15. The Bertz CT molecular complexity index is 1570. The zero-order chi connectivity index (χ0) is 30.8. The van der Waals surface area contributed by atoms with E-state index in [4.69, 9.17) is 27.8 Å². The van der Waals surface area contributed by atoms with Crippen LogP contribution >= 0.6 is 23.2 Å². The lowest BCUT2D eigenvalue weighted by molar-refractivity contribution is -0.205. The van der Waals surface area contributed by atoms with Crippen molar-refractivity contribution in [2.45, 2.75) is 17.9 Å². The quantitative estimate of drug-likeness (QED) is 0.311. The summed E-state index contributed by atoms with van der Waals surface area (Å²) in [5, 5.41) is 22.9. The lowest BCUT2D eigenvalue weighted by atomic mass is 9.86. The number of alkyl halides is 2. The number of aliphatic hydroxyl groups is 2. The van der Waals surface area contributed by atoms with E-state index in [0.29, 0.717) is 6.26 Å². The molecule has 2 amide bonds. The van der Waals surface area contributed by atoms with Crippen molar-refractivity contribution in [2.24, 2.45) is 0 Å². The molecule has 0 saturated heterocycles. The number of carbonyl (C=O) groups is 2. The zero-order valence-corrected chi connectivity index (χ0v) is 23.3. The van der Waals surface area contributed by atoms with Gasteiger partial charge in [0.05, 0.1) is 34.7 Å². The predicted molar refractivity (Wildman–Crippen MR) is 145 cm³/mol. The van der Waals surface area contributed by atoms with Crippen molar-refractivity contribution < 1.29 is 45.9 Å². The average Bonchev–Trinajstić information content (AvgIpc) is 2.97. The Hall–Kier alpha value is -3.27. The van der Waals surface area contributed by atoms with Gasteiger partial charge in [-0.25, -0.2) is 18.2 Å². The number of hydrogen-bond acceptors (Lipinski definition) is 7. The fourth-order valence-electron chi connectivity index (χ4n) is 3.87. The van der Waals surface area contributed by atoms with Crippen molar-refractivity contribution in [1.82, 2.24) is 4.98 Å². The molecule has 16 heteroatoms. The van der Waals surface area contributed by atoms with E-state index in [1.807, 2.05) is 0 Å². The van der Waals surface area contributed by atoms with Gasteiger partial charge in [0.2, 0.25) is 0 Å². The van der Waals surface area contributed by atoms with Crippen molar-refractivity contribution in [3.05, 3.63) is 87.3 Å². The van der Waals surface area contributed by atoms with Crippen LogP contribution in [0.15, 0.2) is 54.7 Å². The van der Waals surface area contributed by atoms with Gasteiger partial charge in [0.1, 0.15) is 11.6 Å². The number of aromatic nitrogens is 1. The molecule has 0 fully saturated rings. The first kappa shape index (κ1) is 32.2. The smallest absolute Gasteiger partial charge is 0.284 e. The van der Waals surface area contributed by atoms with Crippen molar-refractivity contribution in [3.63, 3.8) is 0 Å². The van der Waals surface area contributed by atoms with Gasteiger partial charge in [-0.05, 0) is 48.5 Å². The third kappa shape index (κ3) is 7.52. The maximum atomic E-state index is 14.9. The highest BCUT2D eigenvalue weighted by molar-refractivity contribution is 7.85. The van der Waals surface area contributed by atoms with Gasteiger partial charge in [-0.2, -0.15) is 8.42 Å². The third-order valence-electron chi connectivity index (χ3n) is 5.85. The monoisotopic (exact) mass is 635 g/mol. The lowest BCUT2D eigenvalue weighted by Gasteiger charge is -2.33. The molecule has 3 aromatic rings. The van der Waals surface area contributed by atoms with E-state index in [9.17, 15) is 41.4 Å². The molecule has 2 heterocycles. The van der Waals surface area contributed by atoms with Crippen molar-refractivity contribution in [2.75, 3.05) is 29.6 Å². The second kappa shape index (κ2) is 12.3. The van der Waals surface area contributed by atoms with Crippen LogP contribution in [0.4, 0.5) is 24.7 Å². The number of amides is 2. The largest absolute Gasteiger partial charge is 0.393 e. The number of anilines is 2. The Kier molecular flexibility index (Phi) is 9.68. The molecule has 1 aromatic heterocycles. The van der Waals surface area contributed by atoms with Crippen molar-refractivity contribution in [1.29, 1.82) is 0 Å². The van der Waals surface area contributed by atoms with Crippen LogP contribution in [-0.4, -0.2) is 65.3 Å². The summed E-state index contributed by atoms with van der Waals surface area (Å²) in [6.07, 6.45) is 0.910. The summed E-state index contributed by atoms with van der Waals surface area (Å²) in [6.45, 7) is -1.76. The van der Waals surface area contributed by atoms with Gasteiger partial charge in [-0.15, -0.1) is 0 Å². The topological polar surface area (TPSA) is 157 Å². The number of rotatable bonds is 4. The van der Waals surface area contributed by atoms with E-state index in [-0.39, 0.29) is 32.7 Å². The maximum Gasteiger partial charge on any atom is 0.284 e. The molecule has 1 aliphatic heterocycles. The highest BCUT2D eigenvalue weighted by atomic mass is 35.5. The van der Waals surface area contributed by atoms with E-state index < -0.39 is 64.4 Å². The third-order valence-corrected chi connectivity index (χ3v) is 6.41. The Morgan fingerprint density at radius 2 is 1.78 bits per heavy atom. The minimum absolute atomic E-state index is 0.00422. The minimum atomic E-state index is -3.76. The summed E-state index contributed by atoms with van der Waals surface area (Å²) in [5.74, 6) is -5.83. The molecule has 0 radical (unpaired) electrons. The Morgan fingerprint density at radius 3 is 2.37 bits per heavy atom. The molecule has 41 heavy (non-hydrogen) atoms. The van der Waals surface area contributed by atoms with Crippen LogP contribution in [0.1, 0.15) is 32.7 Å². The standard InChI is InChI=1S/C24H18Cl2F3N3O4.CH4O3S/c25-14-2-5-19-17(9-14)23(36,12-33)24(28,29)7-8-32(19)22(35)13-1-6-20(30-11-13)31-21(34)16-10-15(27)3-4-18(16)26;1-5(2,3)4/h1-6,9-11,33,36H,7-8,12H2,(H,30,31,34);1H3,(H,2,3,4). The normalized spacial score (nSPS) is 17.9. The van der Waals surface area contributed by atoms with E-state index in [1.165, 1.54) is 30.3 Å². The first-order valence-corrected chi connectivity index (χ1v) is 14.0. The van der Waals surface area contributed by atoms with Gasteiger partial charge in [0, 0.05) is 29.7 Å². The van der Waals surface area contributed by atoms with Crippen LogP contribution in [0.25, 0.3) is 0 Å². The van der Waals surface area contributed by atoms with Crippen LogP contribution in [0.2, 0.25) is 10.0 Å². The summed E-state index contributed by atoms with van der Waals surface area (Å²) in [5.41, 5.74) is -3.51. The molecule has 0 aliphatic carbocycles. The maximum absolute atomic E-state index is 14.9. The number of carbonyl (C=O) groups excluding carboxylic acids is 2. The number of fused-ring (bicyclic) bond motifs is 1. The molecule has 4 rings (SSSR count). The van der Waals surface area contributed by atoms with Crippen LogP contribution in [0, 0.1) is 5.82 Å². The first-order chi connectivity index (χ1) is 19.0. The van der Waals surface area contributed by atoms with Gasteiger partial charge in [0.15, 0.2) is 5.60 Å². The summed E-state index contributed by atoms with van der Waals surface area (Å²) in [7, 11) is -3.67.